The maximum Gasteiger partial charge on any atom is 0.317 e. The quantitative estimate of drug-likeness (QED) is 0.523. The highest BCUT2D eigenvalue weighted by Crippen LogP contribution is 2.45. The Morgan fingerprint density at radius 1 is 1.34 bits per heavy atom. The highest BCUT2D eigenvalue weighted by molar-refractivity contribution is 7.16. The SMILES string of the molecule is CC1C(Cl)C(NCCc2ccc3c(c2)OCO3)CCC1(C(=O)O)c1ncc2ccsc2n1. The van der Waals surface area contributed by atoms with Crippen LogP contribution in [0.15, 0.2) is 35.8 Å². The molecule has 0 amide bonds. The molecule has 4 unspecified atom stereocenters. The molecule has 4 atom stereocenters. The van der Waals surface area contributed by atoms with Gasteiger partial charge in [0.15, 0.2) is 11.5 Å². The fourth-order valence-electron chi connectivity index (χ4n) is 4.79. The number of rotatable bonds is 6. The standard InChI is InChI=1S/C23H24ClN3O4S/c1-13-19(24)16(25-8-5-14-2-3-17-18(10-14)31-12-30-17)4-7-23(13,22(28)29)21-26-11-15-6-9-32-20(15)27-21/h2-3,6,9-11,13,16,19,25H,4-5,7-8,12H2,1H3,(H,28,29). The first-order chi connectivity index (χ1) is 15.5. The number of carbonyl (C=O) groups is 1. The number of aromatic nitrogens is 2. The zero-order valence-corrected chi connectivity index (χ0v) is 19.2. The van der Waals surface area contributed by atoms with Crippen LogP contribution in [0, 0.1) is 5.92 Å². The van der Waals surface area contributed by atoms with E-state index in [9.17, 15) is 9.90 Å². The van der Waals surface area contributed by atoms with E-state index < -0.39 is 11.4 Å². The van der Waals surface area contributed by atoms with Crippen LogP contribution in [0.25, 0.3) is 10.2 Å². The Hall–Kier alpha value is -2.42. The minimum absolute atomic E-state index is 0.0126. The average molecular weight is 474 g/mol. The van der Waals surface area contributed by atoms with Gasteiger partial charge in [-0.1, -0.05) is 13.0 Å². The monoisotopic (exact) mass is 473 g/mol. The van der Waals surface area contributed by atoms with Crippen LogP contribution in [0.5, 0.6) is 11.5 Å². The third-order valence-electron chi connectivity index (χ3n) is 6.73. The maximum atomic E-state index is 12.5. The van der Waals surface area contributed by atoms with Crippen molar-refractivity contribution in [1.82, 2.24) is 15.3 Å². The number of hydrogen-bond acceptors (Lipinski definition) is 7. The summed E-state index contributed by atoms with van der Waals surface area (Å²) in [4.78, 5) is 22.4. The number of ether oxygens (including phenoxy) is 2. The smallest absolute Gasteiger partial charge is 0.317 e. The minimum Gasteiger partial charge on any atom is -0.480 e. The zero-order chi connectivity index (χ0) is 22.3. The molecule has 5 rings (SSSR count). The van der Waals surface area contributed by atoms with Gasteiger partial charge in [0.1, 0.15) is 16.1 Å². The van der Waals surface area contributed by atoms with Gasteiger partial charge in [-0.2, -0.15) is 0 Å². The van der Waals surface area contributed by atoms with Crippen LogP contribution < -0.4 is 14.8 Å². The molecule has 0 spiro atoms. The Bertz CT molecular complexity index is 1160. The van der Waals surface area contributed by atoms with Gasteiger partial charge < -0.3 is 19.9 Å². The van der Waals surface area contributed by atoms with E-state index in [0.717, 1.165) is 40.2 Å². The largest absolute Gasteiger partial charge is 0.480 e. The Balaban J connectivity index is 1.28. The van der Waals surface area contributed by atoms with Crippen LogP contribution in [0.4, 0.5) is 0 Å². The lowest BCUT2D eigenvalue weighted by Gasteiger charge is -2.44. The summed E-state index contributed by atoms with van der Waals surface area (Å²) in [7, 11) is 0. The summed E-state index contributed by atoms with van der Waals surface area (Å²) < 4.78 is 10.8. The first kappa shape index (κ1) is 21.4. The Morgan fingerprint density at radius 3 is 3.03 bits per heavy atom. The topological polar surface area (TPSA) is 93.6 Å². The molecule has 2 N–H and O–H groups in total. The number of benzene rings is 1. The molecule has 1 aliphatic carbocycles. The molecule has 0 saturated heterocycles. The molecule has 0 radical (unpaired) electrons. The summed E-state index contributed by atoms with van der Waals surface area (Å²) >= 11 is 8.34. The van der Waals surface area contributed by atoms with Gasteiger partial charge in [-0.15, -0.1) is 22.9 Å². The number of halogens is 1. The summed E-state index contributed by atoms with van der Waals surface area (Å²) in [5, 5.41) is 16.3. The molecular formula is C23H24ClN3O4S. The van der Waals surface area contributed by atoms with E-state index in [1.807, 2.05) is 36.6 Å². The van der Waals surface area contributed by atoms with E-state index in [0.29, 0.717) is 18.7 Å². The lowest BCUT2D eigenvalue weighted by molar-refractivity contribution is -0.148. The molecule has 9 heteroatoms. The van der Waals surface area contributed by atoms with Crippen LogP contribution in [0.3, 0.4) is 0 Å². The number of thiophene rings is 1. The second-order valence-electron chi connectivity index (χ2n) is 8.42. The summed E-state index contributed by atoms with van der Waals surface area (Å²) in [6.07, 6.45) is 3.60. The number of alkyl halides is 1. The molecule has 1 aliphatic heterocycles. The van der Waals surface area contributed by atoms with Crippen LogP contribution in [0.1, 0.15) is 31.2 Å². The maximum absolute atomic E-state index is 12.5. The van der Waals surface area contributed by atoms with Crippen molar-refractivity contribution < 1.29 is 19.4 Å². The van der Waals surface area contributed by atoms with E-state index in [-0.39, 0.29) is 24.1 Å². The van der Waals surface area contributed by atoms with Crippen molar-refractivity contribution in [3.8, 4) is 11.5 Å². The lowest BCUT2D eigenvalue weighted by Crippen LogP contribution is -2.57. The first-order valence-electron chi connectivity index (χ1n) is 10.7. The summed E-state index contributed by atoms with van der Waals surface area (Å²) in [6, 6.07) is 7.91. The Kier molecular flexibility index (Phi) is 5.69. The predicted octanol–water partition coefficient (Wildman–Crippen LogP) is 3.98. The van der Waals surface area contributed by atoms with Gasteiger partial charge in [0.25, 0.3) is 0 Å². The van der Waals surface area contributed by atoms with Crippen LogP contribution in [-0.4, -0.2) is 45.8 Å². The second-order valence-corrected chi connectivity index (χ2v) is 9.82. The molecule has 32 heavy (non-hydrogen) atoms. The van der Waals surface area contributed by atoms with Crippen LogP contribution >= 0.6 is 22.9 Å². The van der Waals surface area contributed by atoms with Crippen molar-refractivity contribution in [1.29, 1.82) is 0 Å². The molecule has 1 aromatic carbocycles. The van der Waals surface area contributed by atoms with E-state index in [4.69, 9.17) is 21.1 Å². The molecule has 1 fully saturated rings. The fourth-order valence-corrected chi connectivity index (χ4v) is 5.96. The summed E-state index contributed by atoms with van der Waals surface area (Å²) in [5.41, 5.74) is -0.0469. The number of nitrogens with zero attached hydrogens (tertiary/aromatic N) is 2. The minimum atomic E-state index is -1.19. The second kappa shape index (κ2) is 8.50. The molecule has 0 bridgehead atoms. The van der Waals surface area contributed by atoms with Crippen molar-refractivity contribution in [2.24, 2.45) is 5.92 Å². The molecule has 3 aromatic rings. The summed E-state index contributed by atoms with van der Waals surface area (Å²) in [5.74, 6) is 0.660. The van der Waals surface area contributed by atoms with Gasteiger partial charge in [0, 0.05) is 17.6 Å². The molecule has 7 nitrogen and oxygen atoms in total. The summed E-state index contributed by atoms with van der Waals surface area (Å²) in [6.45, 7) is 2.90. The molecule has 3 heterocycles. The van der Waals surface area contributed by atoms with Crippen molar-refractivity contribution in [2.75, 3.05) is 13.3 Å². The third-order valence-corrected chi connectivity index (χ3v) is 8.24. The van der Waals surface area contributed by atoms with Crippen molar-refractivity contribution in [3.63, 3.8) is 0 Å². The first-order valence-corrected chi connectivity index (χ1v) is 12.0. The Labute approximate surface area is 194 Å². The highest BCUT2D eigenvalue weighted by atomic mass is 35.5. The van der Waals surface area contributed by atoms with Gasteiger partial charge in [0.2, 0.25) is 6.79 Å². The van der Waals surface area contributed by atoms with Gasteiger partial charge in [0.05, 0.1) is 5.38 Å². The fraction of sp³-hybridized carbons (Fsp3) is 0.435. The average Bonchev–Trinajstić information content (AvgIpc) is 3.45. The van der Waals surface area contributed by atoms with Crippen LogP contribution in [-0.2, 0) is 16.6 Å². The van der Waals surface area contributed by atoms with Gasteiger partial charge in [-0.3, -0.25) is 4.79 Å². The molecule has 2 aliphatic rings. The number of nitrogens with one attached hydrogen (secondary N) is 1. The third kappa shape index (κ3) is 3.60. The zero-order valence-electron chi connectivity index (χ0n) is 17.6. The number of aliphatic carboxylic acids is 1. The predicted molar refractivity (Wildman–Crippen MR) is 123 cm³/mol. The molecule has 1 saturated carbocycles. The van der Waals surface area contributed by atoms with Gasteiger partial charge >= 0.3 is 5.97 Å². The van der Waals surface area contributed by atoms with Crippen molar-refractivity contribution in [3.05, 3.63) is 47.2 Å². The van der Waals surface area contributed by atoms with E-state index in [2.05, 4.69) is 15.3 Å². The van der Waals surface area contributed by atoms with E-state index >= 15 is 0 Å². The number of hydrogen-bond donors (Lipinski definition) is 2. The number of carboxylic acid groups (broad SMARTS) is 1. The lowest BCUT2D eigenvalue weighted by atomic mass is 9.64. The Morgan fingerprint density at radius 2 is 2.19 bits per heavy atom. The van der Waals surface area contributed by atoms with E-state index in [1.54, 1.807) is 6.20 Å². The van der Waals surface area contributed by atoms with Gasteiger partial charge in [-0.25, -0.2) is 9.97 Å². The van der Waals surface area contributed by atoms with Crippen molar-refractivity contribution >= 4 is 39.1 Å². The van der Waals surface area contributed by atoms with E-state index in [1.165, 1.54) is 11.3 Å². The number of fused-ring (bicyclic) bond motifs is 2. The molecule has 2 aromatic heterocycles. The molecule has 168 valence electrons. The van der Waals surface area contributed by atoms with Crippen LogP contribution in [0.2, 0.25) is 0 Å². The normalized spacial score (nSPS) is 27.0. The van der Waals surface area contributed by atoms with Gasteiger partial charge in [-0.05, 0) is 60.9 Å². The highest BCUT2D eigenvalue weighted by Gasteiger charge is 2.54. The molecular weight excluding hydrogens is 450 g/mol. The van der Waals surface area contributed by atoms with Crippen molar-refractivity contribution in [2.45, 2.75) is 43.0 Å². The number of carboxylic acids is 1.